The number of nitrogens with zero attached hydrogens (tertiary/aromatic N) is 1. The molecule has 2 unspecified atom stereocenters. The van der Waals surface area contributed by atoms with Gasteiger partial charge in [-0.2, -0.15) is 0 Å². The Morgan fingerprint density at radius 2 is 1.91 bits per heavy atom. The molecule has 0 aliphatic heterocycles. The normalized spacial score (nSPS) is 26.3. The Bertz CT molecular complexity index is 678. The van der Waals surface area contributed by atoms with Crippen molar-refractivity contribution in [2.45, 2.75) is 29.9 Å². The molecule has 2 rings (SSSR count). The van der Waals surface area contributed by atoms with Crippen LogP contribution in [0.25, 0.3) is 0 Å². The molecule has 2 atom stereocenters. The summed E-state index contributed by atoms with van der Waals surface area (Å²) in [6.45, 7) is 5.69. The van der Waals surface area contributed by atoms with Crippen LogP contribution in [-0.4, -0.2) is 26.6 Å². The van der Waals surface area contributed by atoms with Gasteiger partial charge < -0.3 is 4.84 Å². The van der Waals surface area contributed by atoms with Crippen LogP contribution in [0.4, 0.5) is 0 Å². The standard InChI is InChI=1S/C17H17Br2NO3/c1-10(2)12-9-13(17(3,19)15(18)14(12)21)20-23-16(22)11-7-5-4-6-8-11/h4-10,15H,1-3H3/b20-13-. The van der Waals surface area contributed by atoms with E-state index in [-0.39, 0.29) is 11.7 Å². The van der Waals surface area contributed by atoms with Gasteiger partial charge in [0.2, 0.25) is 0 Å². The second-order valence-electron chi connectivity index (χ2n) is 5.78. The van der Waals surface area contributed by atoms with Gasteiger partial charge in [0.15, 0.2) is 5.78 Å². The number of oxime groups is 1. The van der Waals surface area contributed by atoms with Crippen molar-refractivity contribution in [3.05, 3.63) is 47.5 Å². The zero-order chi connectivity index (χ0) is 17.2. The van der Waals surface area contributed by atoms with Crippen LogP contribution in [0.15, 0.2) is 47.1 Å². The van der Waals surface area contributed by atoms with E-state index in [1.54, 1.807) is 30.3 Å². The fourth-order valence-corrected chi connectivity index (χ4v) is 3.06. The molecule has 4 nitrogen and oxygen atoms in total. The first-order valence-electron chi connectivity index (χ1n) is 7.18. The number of Topliss-reactive ketones (excluding diaryl/α,β-unsaturated/α-hetero) is 1. The summed E-state index contributed by atoms with van der Waals surface area (Å²) in [5.74, 6) is -0.474. The van der Waals surface area contributed by atoms with Crippen LogP contribution >= 0.6 is 31.9 Å². The molecule has 1 aromatic carbocycles. The number of rotatable bonds is 3. The first-order chi connectivity index (χ1) is 10.7. The Morgan fingerprint density at radius 1 is 1.30 bits per heavy atom. The maximum Gasteiger partial charge on any atom is 0.365 e. The average Bonchev–Trinajstić information content (AvgIpc) is 2.52. The minimum Gasteiger partial charge on any atom is -0.312 e. The molecule has 0 bridgehead atoms. The molecule has 0 saturated heterocycles. The van der Waals surface area contributed by atoms with E-state index >= 15 is 0 Å². The molecule has 23 heavy (non-hydrogen) atoms. The molecule has 0 heterocycles. The Labute approximate surface area is 152 Å². The number of hydrogen-bond donors (Lipinski definition) is 0. The first-order valence-corrected chi connectivity index (χ1v) is 8.89. The smallest absolute Gasteiger partial charge is 0.312 e. The van der Waals surface area contributed by atoms with Crippen molar-refractivity contribution >= 4 is 49.3 Å². The lowest BCUT2D eigenvalue weighted by Gasteiger charge is -2.33. The second kappa shape index (κ2) is 7.09. The van der Waals surface area contributed by atoms with E-state index < -0.39 is 15.1 Å². The third-order valence-electron chi connectivity index (χ3n) is 3.64. The molecular formula is C17H17Br2NO3. The van der Waals surface area contributed by atoms with E-state index in [1.165, 1.54) is 0 Å². The molecule has 6 heteroatoms. The van der Waals surface area contributed by atoms with E-state index in [1.807, 2.05) is 26.8 Å². The van der Waals surface area contributed by atoms with E-state index in [2.05, 4.69) is 37.0 Å². The van der Waals surface area contributed by atoms with E-state index in [9.17, 15) is 9.59 Å². The van der Waals surface area contributed by atoms with Gasteiger partial charge in [0.25, 0.3) is 0 Å². The summed E-state index contributed by atoms with van der Waals surface area (Å²) in [5.41, 5.74) is 1.56. The van der Waals surface area contributed by atoms with Crippen LogP contribution < -0.4 is 0 Å². The van der Waals surface area contributed by atoms with Gasteiger partial charge in [-0.1, -0.05) is 69.1 Å². The molecular weight excluding hydrogens is 426 g/mol. The molecule has 0 saturated carbocycles. The Hall–Kier alpha value is -1.27. The van der Waals surface area contributed by atoms with Gasteiger partial charge in [-0.15, -0.1) is 0 Å². The zero-order valence-electron chi connectivity index (χ0n) is 13.0. The van der Waals surface area contributed by atoms with Crippen LogP contribution in [-0.2, 0) is 9.63 Å². The lowest BCUT2D eigenvalue weighted by Crippen LogP contribution is -2.46. The van der Waals surface area contributed by atoms with Crippen LogP contribution in [0, 0.1) is 5.92 Å². The monoisotopic (exact) mass is 441 g/mol. The minimum atomic E-state index is -0.751. The fraction of sp³-hybridized carbons (Fsp3) is 0.353. The highest BCUT2D eigenvalue weighted by atomic mass is 79.9. The summed E-state index contributed by atoms with van der Waals surface area (Å²) in [6, 6.07) is 8.63. The van der Waals surface area contributed by atoms with Gasteiger partial charge in [-0.25, -0.2) is 4.79 Å². The van der Waals surface area contributed by atoms with Gasteiger partial charge in [0, 0.05) is 5.57 Å². The maximum atomic E-state index is 12.4. The molecule has 122 valence electrons. The summed E-state index contributed by atoms with van der Waals surface area (Å²) in [5, 5.41) is 3.99. The number of carbonyl (C=O) groups is 2. The highest BCUT2D eigenvalue weighted by molar-refractivity contribution is 9.13. The summed E-state index contributed by atoms with van der Waals surface area (Å²) >= 11 is 6.93. The quantitative estimate of drug-likeness (QED) is 0.398. The molecule has 1 aliphatic carbocycles. The Kier molecular flexibility index (Phi) is 5.57. The molecule has 0 fully saturated rings. The van der Waals surface area contributed by atoms with Gasteiger partial charge in [-0.05, 0) is 31.1 Å². The number of ketones is 1. The van der Waals surface area contributed by atoms with E-state index in [0.717, 1.165) is 0 Å². The third-order valence-corrected chi connectivity index (χ3v) is 6.45. The highest BCUT2D eigenvalue weighted by Crippen LogP contribution is 2.38. The number of halogens is 2. The Balaban J connectivity index is 2.31. The molecule has 0 aromatic heterocycles. The predicted octanol–water partition coefficient (Wildman–Crippen LogP) is 4.28. The largest absolute Gasteiger partial charge is 0.365 e. The lowest BCUT2D eigenvalue weighted by molar-refractivity contribution is -0.115. The van der Waals surface area contributed by atoms with Crippen LogP contribution in [0.1, 0.15) is 31.1 Å². The topological polar surface area (TPSA) is 55.7 Å². The minimum absolute atomic E-state index is 0.00714. The van der Waals surface area contributed by atoms with E-state index in [0.29, 0.717) is 16.8 Å². The van der Waals surface area contributed by atoms with Gasteiger partial charge in [0.1, 0.15) is 0 Å². The molecule has 0 radical (unpaired) electrons. The van der Waals surface area contributed by atoms with Crippen molar-refractivity contribution in [2.75, 3.05) is 0 Å². The predicted molar refractivity (Wildman–Crippen MR) is 97.3 cm³/mol. The molecule has 0 N–H and O–H groups in total. The van der Waals surface area contributed by atoms with Crippen molar-refractivity contribution in [2.24, 2.45) is 11.1 Å². The molecule has 0 amide bonds. The summed E-state index contributed by atoms with van der Waals surface area (Å²) in [4.78, 5) is 29.0. The van der Waals surface area contributed by atoms with Crippen LogP contribution in [0.2, 0.25) is 0 Å². The van der Waals surface area contributed by atoms with Crippen LogP contribution in [0.3, 0.4) is 0 Å². The first kappa shape index (κ1) is 18.1. The number of allylic oxidation sites excluding steroid dienone is 2. The summed E-state index contributed by atoms with van der Waals surface area (Å²) in [6.07, 6.45) is 1.69. The third kappa shape index (κ3) is 3.80. The number of hydrogen-bond acceptors (Lipinski definition) is 4. The molecule has 1 aromatic rings. The van der Waals surface area contributed by atoms with Gasteiger partial charge in [-0.3, -0.25) is 4.79 Å². The summed E-state index contributed by atoms with van der Waals surface area (Å²) < 4.78 is -0.751. The summed E-state index contributed by atoms with van der Waals surface area (Å²) in [7, 11) is 0. The van der Waals surface area contributed by atoms with Gasteiger partial charge >= 0.3 is 5.97 Å². The number of carbonyl (C=O) groups excluding carboxylic acids is 2. The van der Waals surface area contributed by atoms with Crippen molar-refractivity contribution in [1.29, 1.82) is 0 Å². The fourth-order valence-electron chi connectivity index (χ4n) is 2.17. The van der Waals surface area contributed by atoms with Crippen LogP contribution in [0.5, 0.6) is 0 Å². The highest BCUT2D eigenvalue weighted by Gasteiger charge is 2.44. The average molecular weight is 443 g/mol. The zero-order valence-corrected chi connectivity index (χ0v) is 16.2. The van der Waals surface area contributed by atoms with Crippen molar-refractivity contribution in [1.82, 2.24) is 0 Å². The molecule has 1 aliphatic rings. The maximum absolute atomic E-state index is 12.4. The number of benzene rings is 1. The van der Waals surface area contributed by atoms with E-state index in [4.69, 9.17) is 4.84 Å². The SMILES string of the molecule is CC(C)C1=C/C(=N/OC(=O)c2ccccc2)C(C)(Br)C(Br)C1=O. The van der Waals surface area contributed by atoms with Crippen molar-refractivity contribution in [3.63, 3.8) is 0 Å². The van der Waals surface area contributed by atoms with Crippen molar-refractivity contribution in [3.8, 4) is 0 Å². The molecule has 0 spiro atoms. The van der Waals surface area contributed by atoms with Crippen molar-refractivity contribution < 1.29 is 14.4 Å². The van der Waals surface area contributed by atoms with Gasteiger partial charge in [0.05, 0.1) is 20.4 Å². The Morgan fingerprint density at radius 3 is 2.48 bits per heavy atom. The second-order valence-corrected chi connectivity index (χ2v) is 8.34. The lowest BCUT2D eigenvalue weighted by atomic mass is 9.83. The number of alkyl halides is 2.